The SMILES string of the molecule is O=C(NN=Cc1cccc(OC(=O)c2ccc([N+](=O)[O-])cc2)c1)c1cccc(Br)c1. The van der Waals surface area contributed by atoms with E-state index < -0.39 is 10.9 Å². The number of esters is 1. The summed E-state index contributed by atoms with van der Waals surface area (Å²) in [6.07, 6.45) is 1.42. The van der Waals surface area contributed by atoms with Crippen LogP contribution in [-0.2, 0) is 0 Å². The lowest BCUT2D eigenvalue weighted by atomic mass is 10.2. The van der Waals surface area contributed by atoms with Crippen molar-refractivity contribution in [2.45, 2.75) is 0 Å². The van der Waals surface area contributed by atoms with Crippen molar-refractivity contribution < 1.29 is 19.2 Å². The molecule has 0 saturated heterocycles. The molecule has 3 aromatic carbocycles. The fourth-order valence-corrected chi connectivity index (χ4v) is 2.80. The van der Waals surface area contributed by atoms with Gasteiger partial charge in [-0.15, -0.1) is 0 Å². The molecule has 9 heteroatoms. The quantitative estimate of drug-likeness (QED) is 0.190. The molecule has 0 bridgehead atoms. The molecule has 0 saturated carbocycles. The summed E-state index contributed by atoms with van der Waals surface area (Å²) in [5, 5.41) is 14.6. The average molecular weight is 468 g/mol. The molecule has 30 heavy (non-hydrogen) atoms. The number of benzene rings is 3. The molecule has 0 fully saturated rings. The Balaban J connectivity index is 1.62. The molecule has 150 valence electrons. The number of hydrazone groups is 1. The normalized spacial score (nSPS) is 10.6. The molecule has 0 aliphatic rings. The highest BCUT2D eigenvalue weighted by Crippen LogP contribution is 2.17. The minimum atomic E-state index is -0.651. The number of hydrogen-bond acceptors (Lipinski definition) is 6. The number of ether oxygens (including phenoxy) is 1. The number of halogens is 1. The Morgan fingerprint density at radius 1 is 1.00 bits per heavy atom. The van der Waals surface area contributed by atoms with Crippen LogP contribution in [0.15, 0.2) is 82.4 Å². The first-order valence-corrected chi connectivity index (χ1v) is 9.37. The molecule has 0 unspecified atom stereocenters. The standard InChI is InChI=1S/C21H14BrN3O5/c22-17-5-2-4-16(12-17)20(26)24-23-13-14-3-1-6-19(11-14)30-21(27)15-7-9-18(10-8-15)25(28)29/h1-13H,(H,24,26). The van der Waals surface area contributed by atoms with Crippen LogP contribution in [0.4, 0.5) is 5.69 Å². The highest BCUT2D eigenvalue weighted by molar-refractivity contribution is 9.10. The number of nitrogens with one attached hydrogen (secondary N) is 1. The minimum Gasteiger partial charge on any atom is -0.423 e. The Morgan fingerprint density at radius 2 is 1.73 bits per heavy atom. The number of carbonyl (C=O) groups is 2. The van der Waals surface area contributed by atoms with Gasteiger partial charge in [0.05, 0.1) is 16.7 Å². The van der Waals surface area contributed by atoms with Crippen molar-refractivity contribution in [2.24, 2.45) is 5.10 Å². The maximum atomic E-state index is 12.2. The molecule has 0 heterocycles. The zero-order valence-electron chi connectivity index (χ0n) is 15.3. The van der Waals surface area contributed by atoms with E-state index in [4.69, 9.17) is 4.74 Å². The first-order chi connectivity index (χ1) is 14.4. The largest absolute Gasteiger partial charge is 0.423 e. The number of rotatable bonds is 6. The summed E-state index contributed by atoms with van der Waals surface area (Å²) in [4.78, 5) is 34.4. The molecular weight excluding hydrogens is 454 g/mol. The summed E-state index contributed by atoms with van der Waals surface area (Å²) in [7, 11) is 0. The summed E-state index contributed by atoms with van der Waals surface area (Å²) in [6.45, 7) is 0. The van der Waals surface area contributed by atoms with Gasteiger partial charge in [-0.05, 0) is 48.0 Å². The predicted molar refractivity (Wildman–Crippen MR) is 114 cm³/mol. The van der Waals surface area contributed by atoms with Crippen molar-refractivity contribution in [2.75, 3.05) is 0 Å². The summed E-state index contributed by atoms with van der Waals surface area (Å²) < 4.78 is 6.07. The maximum Gasteiger partial charge on any atom is 0.343 e. The van der Waals surface area contributed by atoms with E-state index in [0.29, 0.717) is 11.1 Å². The number of hydrogen-bond donors (Lipinski definition) is 1. The third-order valence-electron chi connectivity index (χ3n) is 3.85. The van der Waals surface area contributed by atoms with Gasteiger partial charge in [-0.2, -0.15) is 5.10 Å². The fourth-order valence-electron chi connectivity index (χ4n) is 2.40. The van der Waals surface area contributed by atoms with E-state index in [1.807, 2.05) is 6.07 Å². The maximum absolute atomic E-state index is 12.2. The molecule has 0 atom stereocenters. The van der Waals surface area contributed by atoms with Gasteiger partial charge in [0.15, 0.2) is 0 Å². The van der Waals surface area contributed by atoms with Gasteiger partial charge in [0.25, 0.3) is 11.6 Å². The van der Waals surface area contributed by atoms with Crippen LogP contribution >= 0.6 is 15.9 Å². The average Bonchev–Trinajstić information content (AvgIpc) is 2.74. The third kappa shape index (κ3) is 5.58. The van der Waals surface area contributed by atoms with Crippen LogP contribution in [0, 0.1) is 10.1 Å². The molecule has 0 radical (unpaired) electrons. The van der Waals surface area contributed by atoms with Crippen LogP contribution in [-0.4, -0.2) is 23.0 Å². The van der Waals surface area contributed by atoms with Crippen LogP contribution in [0.3, 0.4) is 0 Å². The van der Waals surface area contributed by atoms with Crippen LogP contribution in [0.1, 0.15) is 26.3 Å². The Kier molecular flexibility index (Phi) is 6.66. The van der Waals surface area contributed by atoms with E-state index in [2.05, 4.69) is 26.5 Å². The van der Waals surface area contributed by atoms with E-state index in [9.17, 15) is 19.7 Å². The number of carbonyl (C=O) groups excluding carboxylic acids is 2. The minimum absolute atomic E-state index is 0.116. The van der Waals surface area contributed by atoms with E-state index in [1.165, 1.54) is 30.5 Å². The highest BCUT2D eigenvalue weighted by atomic mass is 79.9. The van der Waals surface area contributed by atoms with Crippen molar-refractivity contribution in [3.8, 4) is 5.75 Å². The second-order valence-electron chi connectivity index (χ2n) is 5.98. The molecule has 0 aliphatic heterocycles. The zero-order chi connectivity index (χ0) is 21.5. The molecular formula is C21H14BrN3O5. The molecule has 8 nitrogen and oxygen atoms in total. The molecule has 1 amide bonds. The Morgan fingerprint density at radius 3 is 2.43 bits per heavy atom. The zero-order valence-corrected chi connectivity index (χ0v) is 16.9. The second-order valence-corrected chi connectivity index (χ2v) is 6.89. The van der Waals surface area contributed by atoms with Crippen LogP contribution in [0.5, 0.6) is 5.75 Å². The van der Waals surface area contributed by atoms with Crippen molar-refractivity contribution in [3.63, 3.8) is 0 Å². The topological polar surface area (TPSA) is 111 Å². The second kappa shape index (κ2) is 9.57. The predicted octanol–water partition coefficient (Wildman–Crippen LogP) is 4.34. The van der Waals surface area contributed by atoms with Gasteiger partial charge in [0, 0.05) is 22.2 Å². The van der Waals surface area contributed by atoms with E-state index in [0.717, 1.165) is 4.47 Å². The van der Waals surface area contributed by atoms with Crippen LogP contribution in [0.2, 0.25) is 0 Å². The van der Waals surface area contributed by atoms with Gasteiger partial charge >= 0.3 is 5.97 Å². The molecule has 3 aromatic rings. The van der Waals surface area contributed by atoms with Gasteiger partial charge in [-0.3, -0.25) is 14.9 Å². The monoisotopic (exact) mass is 467 g/mol. The number of non-ortho nitro benzene ring substituents is 1. The summed E-state index contributed by atoms with van der Waals surface area (Å²) in [6, 6.07) is 18.5. The van der Waals surface area contributed by atoms with Crippen molar-refractivity contribution in [3.05, 3.63) is 104 Å². The number of nitrogens with zero attached hydrogens (tertiary/aromatic N) is 2. The van der Waals surface area contributed by atoms with Crippen LogP contribution < -0.4 is 10.2 Å². The lowest BCUT2D eigenvalue weighted by molar-refractivity contribution is -0.384. The Bertz CT molecular complexity index is 1130. The number of nitro groups is 1. The smallest absolute Gasteiger partial charge is 0.343 e. The lowest BCUT2D eigenvalue weighted by Gasteiger charge is -2.05. The van der Waals surface area contributed by atoms with Crippen molar-refractivity contribution >= 4 is 39.7 Å². The number of nitro benzene ring substituents is 1. The first-order valence-electron chi connectivity index (χ1n) is 8.58. The van der Waals surface area contributed by atoms with Gasteiger partial charge in [0.1, 0.15) is 5.75 Å². The van der Waals surface area contributed by atoms with Gasteiger partial charge < -0.3 is 4.74 Å². The summed E-state index contributed by atoms with van der Waals surface area (Å²) in [5.74, 6) is -0.754. The van der Waals surface area contributed by atoms with Gasteiger partial charge in [0.2, 0.25) is 0 Å². The third-order valence-corrected chi connectivity index (χ3v) is 4.34. The van der Waals surface area contributed by atoms with Crippen molar-refractivity contribution in [1.82, 2.24) is 5.43 Å². The first kappa shape index (κ1) is 20.9. The van der Waals surface area contributed by atoms with E-state index in [1.54, 1.807) is 42.5 Å². The van der Waals surface area contributed by atoms with Gasteiger partial charge in [-0.1, -0.05) is 34.1 Å². The van der Waals surface area contributed by atoms with Crippen LogP contribution in [0.25, 0.3) is 0 Å². The lowest BCUT2D eigenvalue weighted by Crippen LogP contribution is -2.17. The van der Waals surface area contributed by atoms with Crippen molar-refractivity contribution in [1.29, 1.82) is 0 Å². The van der Waals surface area contributed by atoms with E-state index in [-0.39, 0.29) is 22.9 Å². The molecule has 1 N–H and O–H groups in total. The molecule has 0 aromatic heterocycles. The molecule has 0 aliphatic carbocycles. The fraction of sp³-hybridized carbons (Fsp3) is 0. The molecule has 0 spiro atoms. The molecule has 3 rings (SSSR count). The number of amides is 1. The summed E-state index contributed by atoms with van der Waals surface area (Å²) >= 11 is 3.30. The highest BCUT2D eigenvalue weighted by Gasteiger charge is 2.11. The van der Waals surface area contributed by atoms with Gasteiger partial charge in [-0.25, -0.2) is 10.2 Å². The Hall–Kier alpha value is -3.85. The summed E-state index contributed by atoms with van der Waals surface area (Å²) in [5.41, 5.74) is 3.53. The Labute approximate surface area is 179 Å². The van der Waals surface area contributed by atoms with E-state index >= 15 is 0 Å².